The molecule has 1 aromatic heterocycles. The minimum absolute atomic E-state index is 0.633. The fraction of sp³-hybridized carbons (Fsp3) is 0.667. The standard InChI is InChI=1S/C9H17N2OS/c1-3-13-7-6-10-4-5-11(8-10)9-12-2/h4-5,8H,3,6-7,9H2,1-2H3/q+1. The van der Waals surface area contributed by atoms with Gasteiger partial charge in [0.05, 0.1) is 6.54 Å². The Balaban J connectivity index is 2.31. The van der Waals surface area contributed by atoms with Gasteiger partial charge in [-0.25, -0.2) is 9.13 Å². The monoisotopic (exact) mass is 201 g/mol. The first-order chi connectivity index (χ1) is 6.36. The number of aromatic nitrogens is 2. The topological polar surface area (TPSA) is 18.0 Å². The van der Waals surface area contributed by atoms with Gasteiger partial charge in [0, 0.05) is 12.9 Å². The average molecular weight is 201 g/mol. The van der Waals surface area contributed by atoms with Crippen molar-refractivity contribution in [2.24, 2.45) is 0 Å². The van der Waals surface area contributed by atoms with Crippen LogP contribution in [0.15, 0.2) is 18.7 Å². The molecule has 3 nitrogen and oxygen atoms in total. The summed E-state index contributed by atoms with van der Waals surface area (Å²) < 4.78 is 9.22. The molecule has 0 saturated heterocycles. The zero-order chi connectivity index (χ0) is 9.52. The second kappa shape index (κ2) is 6.05. The SMILES string of the molecule is CCSCCn1cc[n+](COC)c1. The first kappa shape index (κ1) is 10.6. The Kier molecular flexibility index (Phi) is 4.93. The smallest absolute Gasteiger partial charge is 0.245 e. The number of hydrogen-bond acceptors (Lipinski definition) is 2. The molecule has 0 radical (unpaired) electrons. The van der Waals surface area contributed by atoms with Gasteiger partial charge in [0.25, 0.3) is 0 Å². The maximum absolute atomic E-state index is 5.01. The summed E-state index contributed by atoms with van der Waals surface area (Å²) in [7, 11) is 1.71. The van der Waals surface area contributed by atoms with E-state index in [4.69, 9.17) is 4.74 Å². The number of methoxy groups -OCH3 is 1. The Morgan fingerprint density at radius 3 is 3.08 bits per heavy atom. The van der Waals surface area contributed by atoms with Crippen LogP contribution in [0.5, 0.6) is 0 Å². The highest BCUT2D eigenvalue weighted by atomic mass is 32.2. The number of hydrogen-bond donors (Lipinski definition) is 0. The van der Waals surface area contributed by atoms with Crippen LogP contribution in [-0.4, -0.2) is 23.2 Å². The highest BCUT2D eigenvalue weighted by Crippen LogP contribution is 1.99. The minimum atomic E-state index is 0.633. The van der Waals surface area contributed by atoms with Crippen LogP contribution >= 0.6 is 11.8 Å². The lowest BCUT2D eigenvalue weighted by Crippen LogP contribution is -2.31. The van der Waals surface area contributed by atoms with E-state index in [-0.39, 0.29) is 0 Å². The van der Waals surface area contributed by atoms with Crippen LogP contribution in [0, 0.1) is 0 Å². The van der Waals surface area contributed by atoms with Gasteiger partial charge < -0.3 is 4.74 Å². The molecule has 1 heterocycles. The zero-order valence-corrected chi connectivity index (χ0v) is 9.09. The van der Waals surface area contributed by atoms with Crippen molar-refractivity contribution >= 4 is 11.8 Å². The van der Waals surface area contributed by atoms with Crippen LogP contribution in [0.3, 0.4) is 0 Å². The van der Waals surface area contributed by atoms with E-state index in [1.54, 1.807) is 7.11 Å². The van der Waals surface area contributed by atoms with Crippen LogP contribution < -0.4 is 4.57 Å². The van der Waals surface area contributed by atoms with Crippen molar-refractivity contribution in [1.29, 1.82) is 0 Å². The Hall–Kier alpha value is -0.480. The summed E-state index contributed by atoms with van der Waals surface area (Å²) >= 11 is 1.96. The van der Waals surface area contributed by atoms with Gasteiger partial charge in [0.1, 0.15) is 12.4 Å². The van der Waals surface area contributed by atoms with E-state index in [0.29, 0.717) is 6.73 Å². The van der Waals surface area contributed by atoms with Gasteiger partial charge >= 0.3 is 0 Å². The lowest BCUT2D eigenvalue weighted by Gasteiger charge is -1.94. The minimum Gasteiger partial charge on any atom is -0.345 e. The van der Waals surface area contributed by atoms with E-state index in [9.17, 15) is 0 Å². The quantitative estimate of drug-likeness (QED) is 0.507. The summed E-state index contributed by atoms with van der Waals surface area (Å²) in [6.45, 7) is 3.90. The van der Waals surface area contributed by atoms with Crippen molar-refractivity contribution in [1.82, 2.24) is 4.57 Å². The van der Waals surface area contributed by atoms with Crippen LogP contribution in [0.25, 0.3) is 0 Å². The lowest BCUT2D eigenvalue weighted by atomic mass is 10.7. The Morgan fingerprint density at radius 2 is 2.38 bits per heavy atom. The molecule has 0 amide bonds. The van der Waals surface area contributed by atoms with Crippen LogP contribution in [-0.2, 0) is 18.0 Å². The number of ether oxygens (including phenoxy) is 1. The van der Waals surface area contributed by atoms with Crippen molar-refractivity contribution < 1.29 is 9.30 Å². The van der Waals surface area contributed by atoms with E-state index < -0.39 is 0 Å². The van der Waals surface area contributed by atoms with Gasteiger partial charge in [-0.1, -0.05) is 6.92 Å². The van der Waals surface area contributed by atoms with Gasteiger partial charge in [0.2, 0.25) is 6.33 Å². The molecule has 0 aromatic carbocycles. The highest BCUT2D eigenvalue weighted by molar-refractivity contribution is 7.99. The van der Waals surface area contributed by atoms with Gasteiger partial charge in [-0.05, 0) is 5.75 Å². The molecule has 4 heteroatoms. The number of imidazole rings is 1. The molecular weight excluding hydrogens is 184 g/mol. The Labute approximate surface area is 83.7 Å². The summed E-state index contributed by atoms with van der Waals surface area (Å²) in [5.74, 6) is 2.37. The summed E-state index contributed by atoms with van der Waals surface area (Å²) in [6.07, 6.45) is 6.18. The van der Waals surface area contributed by atoms with E-state index in [0.717, 1.165) is 6.54 Å². The van der Waals surface area contributed by atoms with E-state index in [1.807, 2.05) is 22.5 Å². The summed E-state index contributed by atoms with van der Waals surface area (Å²) in [6, 6.07) is 0. The molecule has 13 heavy (non-hydrogen) atoms. The van der Waals surface area contributed by atoms with Crippen LogP contribution in [0.4, 0.5) is 0 Å². The van der Waals surface area contributed by atoms with Gasteiger partial charge in [0.15, 0.2) is 6.73 Å². The van der Waals surface area contributed by atoms with Crippen molar-refractivity contribution in [3.05, 3.63) is 18.7 Å². The molecule has 0 aliphatic heterocycles. The molecule has 74 valence electrons. The molecule has 1 rings (SSSR count). The molecule has 0 spiro atoms. The normalized spacial score (nSPS) is 10.6. The van der Waals surface area contributed by atoms with Gasteiger partial charge in [-0.15, -0.1) is 0 Å². The molecule has 0 saturated carbocycles. The number of thioether (sulfide) groups is 1. The molecule has 0 aliphatic carbocycles. The summed E-state index contributed by atoms with van der Waals surface area (Å²) in [4.78, 5) is 0. The lowest BCUT2D eigenvalue weighted by molar-refractivity contribution is -0.730. The fourth-order valence-corrected chi connectivity index (χ4v) is 1.74. The Bertz CT molecular complexity index is 237. The average Bonchev–Trinajstić information content (AvgIpc) is 2.54. The molecule has 0 N–H and O–H groups in total. The van der Waals surface area contributed by atoms with Crippen molar-refractivity contribution in [2.75, 3.05) is 18.6 Å². The van der Waals surface area contributed by atoms with E-state index >= 15 is 0 Å². The second-order valence-corrected chi connectivity index (χ2v) is 4.17. The van der Waals surface area contributed by atoms with Crippen molar-refractivity contribution in [3.63, 3.8) is 0 Å². The maximum atomic E-state index is 5.01. The number of rotatable bonds is 6. The first-order valence-corrected chi connectivity index (χ1v) is 5.63. The third-order valence-corrected chi connectivity index (χ3v) is 2.60. The Morgan fingerprint density at radius 1 is 1.54 bits per heavy atom. The van der Waals surface area contributed by atoms with Gasteiger partial charge in [-0.2, -0.15) is 11.8 Å². The number of aryl methyl sites for hydroxylation is 1. The summed E-state index contributed by atoms with van der Waals surface area (Å²) in [5.41, 5.74) is 0. The van der Waals surface area contributed by atoms with E-state index in [1.165, 1.54) is 11.5 Å². The van der Waals surface area contributed by atoms with Crippen molar-refractivity contribution in [2.45, 2.75) is 20.2 Å². The van der Waals surface area contributed by atoms with Gasteiger partial charge in [-0.3, -0.25) is 0 Å². The third-order valence-electron chi connectivity index (χ3n) is 1.72. The van der Waals surface area contributed by atoms with E-state index in [2.05, 4.69) is 24.0 Å². The molecule has 0 unspecified atom stereocenters. The highest BCUT2D eigenvalue weighted by Gasteiger charge is 2.01. The molecule has 1 aromatic rings. The largest absolute Gasteiger partial charge is 0.345 e. The van der Waals surface area contributed by atoms with Crippen LogP contribution in [0.1, 0.15) is 6.92 Å². The third kappa shape index (κ3) is 3.83. The fourth-order valence-electron chi connectivity index (χ4n) is 1.11. The molecule has 0 bridgehead atoms. The predicted octanol–water partition coefficient (Wildman–Crippen LogP) is 1.13. The molecule has 0 atom stereocenters. The number of nitrogens with zero attached hydrogens (tertiary/aromatic N) is 2. The molecular formula is C9H17N2OS+. The molecule has 0 aliphatic rings. The second-order valence-electron chi connectivity index (χ2n) is 2.78. The zero-order valence-electron chi connectivity index (χ0n) is 8.27. The molecule has 0 fully saturated rings. The van der Waals surface area contributed by atoms with Crippen molar-refractivity contribution in [3.8, 4) is 0 Å². The maximum Gasteiger partial charge on any atom is 0.245 e. The predicted molar refractivity (Wildman–Crippen MR) is 54.6 cm³/mol. The summed E-state index contributed by atoms with van der Waals surface area (Å²) in [5, 5.41) is 0. The first-order valence-electron chi connectivity index (χ1n) is 4.48. The van der Waals surface area contributed by atoms with Crippen LogP contribution in [0.2, 0.25) is 0 Å².